The van der Waals surface area contributed by atoms with E-state index in [4.69, 9.17) is 17.0 Å². The molecule has 0 unspecified atom stereocenters. The van der Waals surface area contributed by atoms with Gasteiger partial charge in [0.2, 0.25) is 0 Å². The third-order valence-electron chi connectivity index (χ3n) is 1.57. The first kappa shape index (κ1) is 8.01. The van der Waals surface area contributed by atoms with Gasteiger partial charge in [0, 0.05) is 6.54 Å². The molecule has 1 aliphatic heterocycles. The van der Waals surface area contributed by atoms with Gasteiger partial charge in [-0.15, -0.1) is 0 Å². The van der Waals surface area contributed by atoms with Crippen LogP contribution in [0.3, 0.4) is 0 Å². The highest BCUT2D eigenvalue weighted by Crippen LogP contribution is 2.14. The van der Waals surface area contributed by atoms with Gasteiger partial charge in [-0.05, 0) is 12.2 Å². The summed E-state index contributed by atoms with van der Waals surface area (Å²) in [6, 6.07) is 0. The second-order valence-corrected chi connectivity index (χ2v) is 8.67. The second-order valence-electron chi connectivity index (χ2n) is 3.44. The molecule has 1 rings (SSSR count). The normalized spacial score (nSPS) is 19.5. The maximum absolute atomic E-state index is 5.18. The van der Waals surface area contributed by atoms with Crippen LogP contribution >= 0.6 is 12.2 Å². The predicted molar refractivity (Wildman–Crippen MR) is 48.6 cm³/mol. The number of rotatable bonds is 1. The Hall–Kier alpha value is -0.0931. The van der Waals surface area contributed by atoms with Crippen molar-refractivity contribution in [2.45, 2.75) is 19.6 Å². The van der Waals surface area contributed by atoms with Gasteiger partial charge in [0.15, 0.2) is 8.24 Å². The average molecular weight is 175 g/mol. The van der Waals surface area contributed by atoms with Crippen LogP contribution in [0.5, 0.6) is 0 Å². The average Bonchev–Trinajstić information content (AvgIpc) is 2.11. The van der Waals surface area contributed by atoms with Crippen LogP contribution in [0.4, 0.5) is 0 Å². The Labute approximate surface area is 68.3 Å². The monoisotopic (exact) mass is 175 g/mol. The minimum Gasteiger partial charge on any atom is -0.470 e. The first-order valence-electron chi connectivity index (χ1n) is 3.46. The predicted octanol–water partition coefficient (Wildman–Crippen LogP) is 1.44. The van der Waals surface area contributed by atoms with Crippen LogP contribution in [0.25, 0.3) is 0 Å². The standard InChI is InChI=1S/C6H13NOSSi/c1-10(2,3)7-4-5-8-6(7)9/h4-5H2,1-3H3. The smallest absolute Gasteiger partial charge is 0.251 e. The number of hydrogen-bond donors (Lipinski definition) is 0. The summed E-state index contributed by atoms with van der Waals surface area (Å²) >= 11 is 5.03. The summed E-state index contributed by atoms with van der Waals surface area (Å²) < 4.78 is 7.42. The molecule has 2 nitrogen and oxygen atoms in total. The molecule has 0 amide bonds. The van der Waals surface area contributed by atoms with Crippen molar-refractivity contribution in [3.05, 3.63) is 0 Å². The van der Waals surface area contributed by atoms with Gasteiger partial charge in [-0.25, -0.2) is 0 Å². The lowest BCUT2D eigenvalue weighted by molar-refractivity contribution is 0.361. The molecule has 0 spiro atoms. The molecular formula is C6H13NOSSi. The maximum Gasteiger partial charge on any atom is 0.251 e. The summed E-state index contributed by atoms with van der Waals surface area (Å²) in [4.78, 5) is 0. The molecule has 1 fully saturated rings. The molecule has 0 radical (unpaired) electrons. The van der Waals surface area contributed by atoms with E-state index in [1.54, 1.807) is 0 Å². The topological polar surface area (TPSA) is 12.5 Å². The van der Waals surface area contributed by atoms with Gasteiger partial charge in [-0.2, -0.15) is 0 Å². The van der Waals surface area contributed by atoms with E-state index in [-0.39, 0.29) is 0 Å². The number of nitrogens with zero attached hydrogens (tertiary/aromatic N) is 1. The molecule has 0 atom stereocenters. The fourth-order valence-electron chi connectivity index (χ4n) is 1.00. The number of ether oxygens (including phenoxy) is 1. The fraction of sp³-hybridized carbons (Fsp3) is 0.833. The first-order chi connectivity index (χ1) is 4.52. The molecule has 0 bridgehead atoms. The Morgan fingerprint density at radius 3 is 2.30 bits per heavy atom. The molecule has 58 valence electrons. The largest absolute Gasteiger partial charge is 0.470 e. The van der Waals surface area contributed by atoms with E-state index in [0.717, 1.165) is 13.2 Å². The van der Waals surface area contributed by atoms with Crippen LogP contribution in [0.1, 0.15) is 0 Å². The molecule has 0 aliphatic carbocycles. The molecule has 0 saturated carbocycles. The van der Waals surface area contributed by atoms with Crippen molar-refractivity contribution in [1.82, 2.24) is 4.57 Å². The second kappa shape index (κ2) is 2.51. The molecule has 0 aromatic rings. The Morgan fingerprint density at radius 1 is 1.50 bits per heavy atom. The van der Waals surface area contributed by atoms with Crippen LogP contribution in [0, 0.1) is 0 Å². The maximum atomic E-state index is 5.18. The zero-order valence-corrected chi connectivity index (χ0v) is 8.49. The summed E-state index contributed by atoms with van der Waals surface area (Å²) in [5.41, 5.74) is 0. The number of thiocarbonyl (C=S) groups is 1. The number of hydrogen-bond acceptors (Lipinski definition) is 2. The van der Waals surface area contributed by atoms with Crippen molar-refractivity contribution in [3.63, 3.8) is 0 Å². The molecule has 0 aromatic carbocycles. The SMILES string of the molecule is C[Si](C)(C)N1CCOC1=S. The van der Waals surface area contributed by atoms with Gasteiger partial charge in [0.25, 0.3) is 5.17 Å². The summed E-state index contributed by atoms with van der Waals surface area (Å²) in [5, 5.41) is 0.708. The van der Waals surface area contributed by atoms with Crippen molar-refractivity contribution < 1.29 is 4.74 Å². The quantitative estimate of drug-likeness (QED) is 0.442. The molecule has 4 heteroatoms. The van der Waals surface area contributed by atoms with Crippen LogP contribution in [-0.4, -0.2) is 31.1 Å². The van der Waals surface area contributed by atoms with E-state index in [1.807, 2.05) is 0 Å². The lowest BCUT2D eigenvalue weighted by Gasteiger charge is -2.28. The summed E-state index contributed by atoms with van der Waals surface area (Å²) in [7, 11) is -1.22. The van der Waals surface area contributed by atoms with Crippen LogP contribution in [0.2, 0.25) is 19.6 Å². The van der Waals surface area contributed by atoms with Crippen LogP contribution in [-0.2, 0) is 4.74 Å². The zero-order chi connectivity index (χ0) is 7.78. The fourth-order valence-corrected chi connectivity index (χ4v) is 3.37. The summed E-state index contributed by atoms with van der Waals surface area (Å²) in [6.07, 6.45) is 0. The van der Waals surface area contributed by atoms with E-state index in [1.165, 1.54) is 0 Å². The van der Waals surface area contributed by atoms with E-state index in [9.17, 15) is 0 Å². The Balaban J connectivity index is 2.64. The molecule has 1 aliphatic rings. The van der Waals surface area contributed by atoms with E-state index < -0.39 is 8.24 Å². The molecule has 0 aromatic heterocycles. The van der Waals surface area contributed by atoms with Gasteiger partial charge in [-0.3, -0.25) is 0 Å². The van der Waals surface area contributed by atoms with E-state index in [2.05, 4.69) is 24.2 Å². The van der Waals surface area contributed by atoms with Gasteiger partial charge < -0.3 is 9.30 Å². The Morgan fingerprint density at radius 2 is 2.10 bits per heavy atom. The van der Waals surface area contributed by atoms with Crippen molar-refractivity contribution in [3.8, 4) is 0 Å². The van der Waals surface area contributed by atoms with Crippen molar-refractivity contribution in [2.24, 2.45) is 0 Å². The molecular weight excluding hydrogens is 162 g/mol. The van der Waals surface area contributed by atoms with Gasteiger partial charge in [-0.1, -0.05) is 19.6 Å². The van der Waals surface area contributed by atoms with Crippen LogP contribution < -0.4 is 0 Å². The molecule has 1 heterocycles. The minimum atomic E-state index is -1.22. The first-order valence-corrected chi connectivity index (χ1v) is 7.32. The van der Waals surface area contributed by atoms with Crippen molar-refractivity contribution >= 4 is 25.6 Å². The Kier molecular flexibility index (Phi) is 2.01. The lowest BCUT2D eigenvalue weighted by Crippen LogP contribution is -2.46. The minimum absolute atomic E-state index is 0.708. The molecule has 1 saturated heterocycles. The zero-order valence-electron chi connectivity index (χ0n) is 6.68. The highest BCUT2D eigenvalue weighted by atomic mass is 32.1. The van der Waals surface area contributed by atoms with E-state index in [0.29, 0.717) is 5.17 Å². The third-order valence-corrected chi connectivity index (χ3v) is 4.12. The van der Waals surface area contributed by atoms with Gasteiger partial charge in [0.1, 0.15) is 6.61 Å². The van der Waals surface area contributed by atoms with E-state index >= 15 is 0 Å². The molecule has 0 N–H and O–H groups in total. The third kappa shape index (κ3) is 1.49. The van der Waals surface area contributed by atoms with Crippen molar-refractivity contribution in [1.29, 1.82) is 0 Å². The van der Waals surface area contributed by atoms with Crippen LogP contribution in [0.15, 0.2) is 0 Å². The highest BCUT2D eigenvalue weighted by Gasteiger charge is 2.30. The summed E-state index contributed by atoms with van der Waals surface area (Å²) in [5.74, 6) is 0. The molecule has 10 heavy (non-hydrogen) atoms. The van der Waals surface area contributed by atoms with Crippen molar-refractivity contribution in [2.75, 3.05) is 13.2 Å². The summed E-state index contributed by atoms with van der Waals surface area (Å²) in [6.45, 7) is 8.59. The Bertz CT molecular complexity index is 154. The van der Waals surface area contributed by atoms with Gasteiger partial charge in [0.05, 0.1) is 0 Å². The van der Waals surface area contributed by atoms with Gasteiger partial charge >= 0.3 is 0 Å². The highest BCUT2D eigenvalue weighted by molar-refractivity contribution is 7.80. The lowest BCUT2D eigenvalue weighted by atomic mass is 10.7.